The zero-order chi connectivity index (χ0) is 30.8. The molecule has 13 nitrogen and oxygen atoms in total. The number of unbranched alkanes of at least 4 members (excludes halogenated alkanes) is 3. The lowest BCUT2D eigenvalue weighted by Crippen LogP contribution is -2.36. The molecule has 0 bridgehead atoms. The van der Waals surface area contributed by atoms with Gasteiger partial charge in [-0.2, -0.15) is 9.83 Å². The number of nitrogens with zero attached hydrogens (tertiary/aromatic N) is 3. The van der Waals surface area contributed by atoms with Gasteiger partial charge in [0.1, 0.15) is 12.4 Å². The molecule has 0 aliphatic rings. The van der Waals surface area contributed by atoms with Crippen LogP contribution in [-0.2, 0) is 30.4 Å². The first-order valence-electron chi connectivity index (χ1n) is 14.2. The van der Waals surface area contributed by atoms with Crippen LogP contribution in [0.2, 0.25) is 5.02 Å². The molecule has 0 aliphatic carbocycles. The SMILES string of the molecule is N#CNC(=NCCCCCCOc1ccc(Cl)cc1)Nc1cc[n+](COC(=O)OCCOCCOCCOCCN)cc1. The minimum atomic E-state index is -0.798. The topological polar surface area (TPSA) is 163 Å². The summed E-state index contributed by atoms with van der Waals surface area (Å²) in [5.74, 6) is 1.17. The maximum absolute atomic E-state index is 11.8. The Kier molecular flexibility index (Phi) is 19.7. The molecule has 0 fully saturated rings. The third-order valence-electron chi connectivity index (χ3n) is 5.52. The number of guanidine groups is 1. The first-order valence-corrected chi connectivity index (χ1v) is 14.6. The molecule has 4 N–H and O–H groups in total. The Morgan fingerprint density at radius 3 is 2.19 bits per heavy atom. The molecule has 0 radical (unpaired) electrons. The lowest BCUT2D eigenvalue weighted by Gasteiger charge is -2.08. The molecule has 2 aromatic rings. The van der Waals surface area contributed by atoms with Crippen molar-refractivity contribution in [3.05, 3.63) is 53.8 Å². The number of hydrogen-bond donors (Lipinski definition) is 3. The Bertz CT molecular complexity index is 1080. The van der Waals surface area contributed by atoms with Crippen LogP contribution in [0.25, 0.3) is 0 Å². The van der Waals surface area contributed by atoms with Gasteiger partial charge in [-0.05, 0) is 43.5 Å². The van der Waals surface area contributed by atoms with Crippen molar-refractivity contribution in [1.29, 1.82) is 5.26 Å². The van der Waals surface area contributed by atoms with Crippen molar-refractivity contribution >= 4 is 29.4 Å². The zero-order valence-corrected chi connectivity index (χ0v) is 25.1. The lowest BCUT2D eigenvalue weighted by molar-refractivity contribution is -0.727. The van der Waals surface area contributed by atoms with Crippen molar-refractivity contribution in [2.75, 3.05) is 71.3 Å². The number of anilines is 1. The number of aliphatic imine (C=N–C) groups is 1. The summed E-state index contributed by atoms with van der Waals surface area (Å²) in [6, 6.07) is 10.9. The number of halogens is 1. The van der Waals surface area contributed by atoms with E-state index in [1.807, 2.05) is 18.3 Å². The Morgan fingerprint density at radius 1 is 0.860 bits per heavy atom. The van der Waals surface area contributed by atoms with Gasteiger partial charge < -0.3 is 39.5 Å². The molecule has 1 aromatic heterocycles. The molecular formula is C29H42ClN6O7+. The van der Waals surface area contributed by atoms with Crippen LogP contribution in [0.3, 0.4) is 0 Å². The number of rotatable bonds is 22. The first kappa shape index (κ1) is 35.5. The van der Waals surface area contributed by atoms with E-state index in [0.29, 0.717) is 69.4 Å². The molecule has 1 heterocycles. The Balaban J connectivity index is 1.53. The minimum absolute atomic E-state index is 0.0256. The van der Waals surface area contributed by atoms with Crippen LogP contribution in [0, 0.1) is 11.5 Å². The molecule has 0 amide bonds. The highest BCUT2D eigenvalue weighted by Crippen LogP contribution is 2.16. The van der Waals surface area contributed by atoms with Gasteiger partial charge in [0, 0.05) is 30.2 Å². The number of aromatic nitrogens is 1. The van der Waals surface area contributed by atoms with E-state index in [4.69, 9.17) is 51.0 Å². The van der Waals surface area contributed by atoms with E-state index in [9.17, 15) is 4.79 Å². The van der Waals surface area contributed by atoms with Crippen molar-refractivity contribution in [3.63, 3.8) is 0 Å². The summed E-state index contributed by atoms with van der Waals surface area (Å²) in [4.78, 5) is 16.2. The fourth-order valence-electron chi connectivity index (χ4n) is 3.38. The number of nitrogens with one attached hydrogen (secondary N) is 2. The van der Waals surface area contributed by atoms with Crippen LogP contribution in [-0.4, -0.2) is 78.1 Å². The largest absolute Gasteiger partial charge is 0.513 e. The normalized spacial score (nSPS) is 11.0. The first-order chi connectivity index (χ1) is 21.1. The predicted molar refractivity (Wildman–Crippen MR) is 161 cm³/mol. The quantitative estimate of drug-likeness (QED) is 0.0336. The Morgan fingerprint density at radius 2 is 1.51 bits per heavy atom. The second kappa shape index (κ2) is 23.8. The van der Waals surface area contributed by atoms with E-state index >= 15 is 0 Å². The number of hydrogen-bond acceptors (Lipinski definition) is 10. The van der Waals surface area contributed by atoms with Crippen LogP contribution >= 0.6 is 11.6 Å². The van der Waals surface area contributed by atoms with E-state index in [0.717, 1.165) is 31.4 Å². The molecular weight excluding hydrogens is 580 g/mol. The number of carbonyl (C=O) groups excluding carboxylic acids is 1. The standard InChI is InChI=1S/C29H41ClN6O7/c30-25-5-7-27(8-6-25)41-15-4-2-1-3-12-33-28(34-23-32)35-26-9-13-36(14-10-26)24-43-29(37)42-22-21-40-20-19-39-18-17-38-16-11-31/h5-10,13-14H,1-4,11-12,15-22,24,31H2,(H,33,34)/p+1. The maximum Gasteiger partial charge on any atom is 0.513 e. The number of ether oxygens (including phenoxy) is 6. The number of nitrogens with two attached hydrogens (primary N) is 1. The summed E-state index contributed by atoms with van der Waals surface area (Å²) < 4.78 is 33.3. The van der Waals surface area contributed by atoms with Gasteiger partial charge in [0.15, 0.2) is 18.6 Å². The number of benzene rings is 1. The highest BCUT2D eigenvalue weighted by atomic mass is 35.5. The highest BCUT2D eigenvalue weighted by Gasteiger charge is 2.09. The van der Waals surface area contributed by atoms with Crippen LogP contribution in [0.5, 0.6) is 5.75 Å². The van der Waals surface area contributed by atoms with Gasteiger partial charge in [-0.3, -0.25) is 10.3 Å². The van der Waals surface area contributed by atoms with Gasteiger partial charge in [0.25, 0.3) is 6.73 Å². The average Bonchev–Trinajstić information content (AvgIpc) is 3.01. The van der Waals surface area contributed by atoms with Crippen molar-refractivity contribution < 1.29 is 37.8 Å². The maximum atomic E-state index is 11.8. The summed E-state index contributed by atoms with van der Waals surface area (Å²) in [5.41, 5.74) is 6.03. The molecule has 0 atom stereocenters. The van der Waals surface area contributed by atoms with E-state index in [1.54, 1.807) is 41.2 Å². The molecule has 43 heavy (non-hydrogen) atoms. The second-order valence-electron chi connectivity index (χ2n) is 8.91. The summed E-state index contributed by atoms with van der Waals surface area (Å²) >= 11 is 5.88. The molecule has 0 saturated carbocycles. The Labute approximate surface area is 257 Å². The van der Waals surface area contributed by atoms with Crippen molar-refractivity contribution in [2.24, 2.45) is 10.7 Å². The van der Waals surface area contributed by atoms with Crippen molar-refractivity contribution in [1.82, 2.24) is 5.32 Å². The third-order valence-corrected chi connectivity index (χ3v) is 5.77. The summed E-state index contributed by atoms with van der Waals surface area (Å²) in [6.45, 7) is 4.24. The van der Waals surface area contributed by atoms with Crippen LogP contribution in [0.1, 0.15) is 25.7 Å². The van der Waals surface area contributed by atoms with Crippen molar-refractivity contribution in [2.45, 2.75) is 32.4 Å². The summed E-state index contributed by atoms with van der Waals surface area (Å²) in [7, 11) is 0. The molecule has 0 saturated heterocycles. The van der Waals surface area contributed by atoms with Gasteiger partial charge in [0.05, 0.1) is 51.9 Å². The zero-order valence-electron chi connectivity index (χ0n) is 24.4. The summed E-state index contributed by atoms with van der Waals surface area (Å²) in [6.07, 6.45) is 8.37. The molecule has 236 valence electrons. The smallest absolute Gasteiger partial charge is 0.494 e. The van der Waals surface area contributed by atoms with Crippen LogP contribution in [0.15, 0.2) is 53.8 Å². The van der Waals surface area contributed by atoms with E-state index in [-0.39, 0.29) is 19.9 Å². The number of pyridine rings is 1. The van der Waals surface area contributed by atoms with Crippen molar-refractivity contribution in [3.8, 4) is 11.9 Å². The fraction of sp³-hybridized carbons (Fsp3) is 0.517. The second-order valence-corrected chi connectivity index (χ2v) is 9.34. The fourth-order valence-corrected chi connectivity index (χ4v) is 3.51. The van der Waals surface area contributed by atoms with Gasteiger partial charge >= 0.3 is 6.16 Å². The third kappa shape index (κ3) is 18.5. The highest BCUT2D eigenvalue weighted by molar-refractivity contribution is 6.30. The molecule has 0 unspecified atom stereocenters. The lowest BCUT2D eigenvalue weighted by atomic mass is 10.2. The van der Waals surface area contributed by atoms with E-state index in [2.05, 4.69) is 15.6 Å². The van der Waals surface area contributed by atoms with Gasteiger partial charge in [0.2, 0.25) is 5.96 Å². The minimum Gasteiger partial charge on any atom is -0.494 e. The number of carbonyl (C=O) groups is 1. The molecule has 14 heteroatoms. The van der Waals surface area contributed by atoms with E-state index < -0.39 is 6.16 Å². The molecule has 0 aliphatic heterocycles. The number of nitriles is 1. The monoisotopic (exact) mass is 621 g/mol. The van der Waals surface area contributed by atoms with Crippen LogP contribution < -0.4 is 25.7 Å². The van der Waals surface area contributed by atoms with Gasteiger partial charge in [-0.1, -0.05) is 18.0 Å². The summed E-state index contributed by atoms with van der Waals surface area (Å²) in [5, 5.41) is 15.4. The predicted octanol–water partition coefficient (Wildman–Crippen LogP) is 3.22. The Hall–Kier alpha value is -3.67. The van der Waals surface area contributed by atoms with Crippen LogP contribution in [0.4, 0.5) is 10.5 Å². The molecule has 1 aromatic carbocycles. The average molecular weight is 622 g/mol. The molecule has 0 spiro atoms. The van der Waals surface area contributed by atoms with E-state index in [1.165, 1.54) is 0 Å². The molecule has 2 rings (SSSR count). The van der Waals surface area contributed by atoms with Gasteiger partial charge in [-0.15, -0.1) is 0 Å². The van der Waals surface area contributed by atoms with Gasteiger partial charge in [-0.25, -0.2) is 4.79 Å².